The summed E-state index contributed by atoms with van der Waals surface area (Å²) in [5, 5.41) is 2.84. The van der Waals surface area contributed by atoms with Crippen LogP contribution in [-0.4, -0.2) is 29.9 Å². The molecule has 1 saturated heterocycles. The molecule has 0 saturated carbocycles. The van der Waals surface area contributed by atoms with Crippen molar-refractivity contribution < 1.29 is 9.59 Å². The maximum absolute atomic E-state index is 12.1. The highest BCUT2D eigenvalue weighted by Crippen LogP contribution is 2.19. The third kappa shape index (κ3) is 3.71. The van der Waals surface area contributed by atoms with Crippen molar-refractivity contribution in [2.45, 2.75) is 12.8 Å². The Morgan fingerprint density at radius 2 is 2.00 bits per heavy atom. The molecule has 4 N–H and O–H groups in total. The van der Waals surface area contributed by atoms with E-state index in [0.717, 1.165) is 10.2 Å². The van der Waals surface area contributed by atoms with Gasteiger partial charge in [0.1, 0.15) is 0 Å². The van der Waals surface area contributed by atoms with Crippen LogP contribution in [0.25, 0.3) is 0 Å². The van der Waals surface area contributed by atoms with E-state index in [4.69, 9.17) is 5.84 Å². The molecular weight excluding hydrogens is 324 g/mol. The first kappa shape index (κ1) is 14.8. The van der Waals surface area contributed by atoms with Crippen LogP contribution in [0, 0.1) is 5.92 Å². The number of benzene rings is 1. The summed E-state index contributed by atoms with van der Waals surface area (Å²) in [6, 6.07) is 7.28. The van der Waals surface area contributed by atoms with Crippen LogP contribution in [0.4, 0.5) is 10.5 Å². The van der Waals surface area contributed by atoms with Gasteiger partial charge in [-0.05, 0) is 31.0 Å². The second-order valence-electron chi connectivity index (χ2n) is 4.71. The van der Waals surface area contributed by atoms with Crippen molar-refractivity contribution in [3.8, 4) is 0 Å². The predicted octanol–water partition coefficient (Wildman–Crippen LogP) is 1.68. The lowest BCUT2D eigenvalue weighted by molar-refractivity contribution is -0.126. The van der Waals surface area contributed by atoms with Gasteiger partial charge in [0, 0.05) is 29.2 Å². The molecule has 0 bridgehead atoms. The van der Waals surface area contributed by atoms with E-state index in [-0.39, 0.29) is 17.9 Å². The van der Waals surface area contributed by atoms with Crippen LogP contribution in [0.1, 0.15) is 12.8 Å². The summed E-state index contributed by atoms with van der Waals surface area (Å²) in [6.45, 7) is 1.11. The van der Waals surface area contributed by atoms with E-state index in [0.29, 0.717) is 25.9 Å². The molecule has 1 heterocycles. The van der Waals surface area contributed by atoms with Gasteiger partial charge in [0.25, 0.3) is 0 Å². The molecule has 0 aromatic heterocycles. The maximum Gasteiger partial charge on any atom is 0.321 e. The molecule has 0 spiro atoms. The first-order valence-corrected chi connectivity index (χ1v) is 7.21. The van der Waals surface area contributed by atoms with Gasteiger partial charge < -0.3 is 10.2 Å². The number of anilines is 1. The van der Waals surface area contributed by atoms with Gasteiger partial charge >= 0.3 is 6.03 Å². The summed E-state index contributed by atoms with van der Waals surface area (Å²) in [4.78, 5) is 25.2. The highest BCUT2D eigenvalue weighted by atomic mass is 79.9. The van der Waals surface area contributed by atoms with Crippen LogP contribution in [0.2, 0.25) is 0 Å². The molecular formula is C13H17BrN4O2. The van der Waals surface area contributed by atoms with Crippen molar-refractivity contribution in [1.29, 1.82) is 0 Å². The van der Waals surface area contributed by atoms with E-state index in [9.17, 15) is 9.59 Å². The van der Waals surface area contributed by atoms with Crippen LogP contribution in [0.15, 0.2) is 28.7 Å². The molecule has 1 aliphatic rings. The van der Waals surface area contributed by atoms with Gasteiger partial charge in [-0.1, -0.05) is 22.0 Å². The second-order valence-corrected chi connectivity index (χ2v) is 5.63. The lowest BCUT2D eigenvalue weighted by Gasteiger charge is -2.31. The van der Waals surface area contributed by atoms with Crippen molar-refractivity contribution >= 4 is 33.6 Å². The number of halogens is 1. The maximum atomic E-state index is 12.1. The number of piperidine rings is 1. The van der Waals surface area contributed by atoms with Gasteiger partial charge in [-0.3, -0.25) is 10.2 Å². The van der Waals surface area contributed by atoms with E-state index in [1.165, 1.54) is 0 Å². The molecule has 6 nitrogen and oxygen atoms in total. The third-order valence-corrected chi connectivity index (χ3v) is 3.86. The summed E-state index contributed by atoms with van der Waals surface area (Å²) in [5.41, 5.74) is 2.90. The molecule has 108 valence electrons. The summed E-state index contributed by atoms with van der Waals surface area (Å²) in [6.07, 6.45) is 1.27. The van der Waals surface area contributed by atoms with Crippen LogP contribution in [0.5, 0.6) is 0 Å². The van der Waals surface area contributed by atoms with Crippen molar-refractivity contribution in [1.82, 2.24) is 10.3 Å². The van der Waals surface area contributed by atoms with Gasteiger partial charge in [-0.15, -0.1) is 0 Å². The van der Waals surface area contributed by atoms with Crippen molar-refractivity contribution in [3.63, 3.8) is 0 Å². The monoisotopic (exact) mass is 340 g/mol. The number of carbonyl (C=O) groups excluding carboxylic acids is 2. The number of hydrogen-bond donors (Lipinski definition) is 3. The molecule has 0 radical (unpaired) electrons. The lowest BCUT2D eigenvalue weighted by atomic mass is 9.96. The SMILES string of the molecule is NNC(=O)C1CCN(C(=O)Nc2cccc(Br)c2)CC1. The molecule has 20 heavy (non-hydrogen) atoms. The van der Waals surface area contributed by atoms with Crippen LogP contribution in [0.3, 0.4) is 0 Å². The minimum atomic E-state index is -0.156. The Morgan fingerprint density at radius 1 is 1.30 bits per heavy atom. The topological polar surface area (TPSA) is 87.5 Å². The fraction of sp³-hybridized carbons (Fsp3) is 0.385. The van der Waals surface area contributed by atoms with E-state index in [2.05, 4.69) is 26.7 Å². The molecule has 3 amide bonds. The minimum Gasteiger partial charge on any atom is -0.324 e. The third-order valence-electron chi connectivity index (χ3n) is 3.37. The molecule has 2 rings (SSSR count). The normalized spacial score (nSPS) is 15.8. The highest BCUT2D eigenvalue weighted by molar-refractivity contribution is 9.10. The van der Waals surface area contributed by atoms with E-state index >= 15 is 0 Å². The van der Waals surface area contributed by atoms with Gasteiger partial charge in [-0.25, -0.2) is 10.6 Å². The summed E-state index contributed by atoms with van der Waals surface area (Å²) in [7, 11) is 0. The molecule has 0 atom stereocenters. The standard InChI is InChI=1S/C13H17BrN4O2/c14-10-2-1-3-11(8-10)16-13(20)18-6-4-9(5-7-18)12(19)17-15/h1-3,8-9H,4-7,15H2,(H,16,20)(H,17,19). The van der Waals surface area contributed by atoms with Gasteiger partial charge in [-0.2, -0.15) is 0 Å². The zero-order chi connectivity index (χ0) is 14.5. The Hall–Kier alpha value is -1.60. The minimum absolute atomic E-state index is 0.102. The predicted molar refractivity (Wildman–Crippen MR) is 79.8 cm³/mol. The van der Waals surface area contributed by atoms with E-state index < -0.39 is 0 Å². The number of nitrogens with two attached hydrogens (primary N) is 1. The largest absolute Gasteiger partial charge is 0.324 e. The first-order chi connectivity index (χ1) is 9.60. The van der Waals surface area contributed by atoms with Crippen LogP contribution < -0.4 is 16.6 Å². The fourth-order valence-electron chi connectivity index (χ4n) is 2.23. The lowest BCUT2D eigenvalue weighted by Crippen LogP contribution is -2.45. The summed E-state index contributed by atoms with van der Waals surface area (Å²) < 4.78 is 0.911. The number of rotatable bonds is 2. The highest BCUT2D eigenvalue weighted by Gasteiger charge is 2.26. The van der Waals surface area contributed by atoms with E-state index in [1.54, 1.807) is 4.90 Å². The number of nitrogens with one attached hydrogen (secondary N) is 2. The number of nitrogens with zero attached hydrogens (tertiary/aromatic N) is 1. The number of hydrogen-bond acceptors (Lipinski definition) is 3. The van der Waals surface area contributed by atoms with Gasteiger partial charge in [0.2, 0.25) is 5.91 Å². The number of likely N-dealkylation sites (tertiary alicyclic amines) is 1. The molecule has 7 heteroatoms. The molecule has 1 aliphatic heterocycles. The Kier molecular flexibility index (Phi) is 4.97. The average molecular weight is 341 g/mol. The number of carbonyl (C=O) groups is 2. The van der Waals surface area contributed by atoms with Crippen LogP contribution >= 0.6 is 15.9 Å². The zero-order valence-electron chi connectivity index (χ0n) is 10.9. The Labute approximate surface area is 125 Å². The molecule has 1 aromatic carbocycles. The van der Waals surface area contributed by atoms with Crippen molar-refractivity contribution in [2.24, 2.45) is 11.8 Å². The van der Waals surface area contributed by atoms with E-state index in [1.807, 2.05) is 24.3 Å². The number of hydrazine groups is 1. The van der Waals surface area contributed by atoms with Crippen molar-refractivity contribution in [2.75, 3.05) is 18.4 Å². The number of urea groups is 1. The molecule has 1 aromatic rings. The molecule has 1 fully saturated rings. The molecule has 0 unspecified atom stereocenters. The second kappa shape index (κ2) is 6.71. The van der Waals surface area contributed by atoms with Gasteiger partial charge in [0.05, 0.1) is 0 Å². The molecule has 0 aliphatic carbocycles. The van der Waals surface area contributed by atoms with Crippen molar-refractivity contribution in [3.05, 3.63) is 28.7 Å². The smallest absolute Gasteiger partial charge is 0.321 e. The summed E-state index contributed by atoms with van der Waals surface area (Å²) >= 11 is 3.36. The summed E-state index contributed by atoms with van der Waals surface area (Å²) in [5.74, 6) is 4.86. The first-order valence-electron chi connectivity index (χ1n) is 6.42. The zero-order valence-corrected chi connectivity index (χ0v) is 12.5. The van der Waals surface area contributed by atoms with Gasteiger partial charge in [0.15, 0.2) is 0 Å². The average Bonchev–Trinajstić information content (AvgIpc) is 2.46. The Balaban J connectivity index is 1.87. The van der Waals surface area contributed by atoms with Crippen LogP contribution in [-0.2, 0) is 4.79 Å². The Bertz CT molecular complexity index is 501. The number of amides is 3. The fourth-order valence-corrected chi connectivity index (χ4v) is 2.63. The Morgan fingerprint density at radius 3 is 2.60 bits per heavy atom. The quantitative estimate of drug-likeness (QED) is 0.435.